The third-order valence-electron chi connectivity index (χ3n) is 3.15. The van der Waals surface area contributed by atoms with E-state index in [1.165, 1.54) is 20.0 Å². The van der Waals surface area contributed by atoms with Crippen LogP contribution in [-0.2, 0) is 23.8 Å². The summed E-state index contributed by atoms with van der Waals surface area (Å²) in [5.41, 5.74) is -1.29. The van der Waals surface area contributed by atoms with Gasteiger partial charge in [0.05, 0.1) is 0 Å². The van der Waals surface area contributed by atoms with Gasteiger partial charge in [-0.1, -0.05) is 0 Å². The van der Waals surface area contributed by atoms with Crippen LogP contribution in [0.1, 0.15) is 20.1 Å². The molecule has 2 heterocycles. The van der Waals surface area contributed by atoms with E-state index < -0.39 is 47.0 Å². The lowest BCUT2D eigenvalue weighted by molar-refractivity contribution is -0.155. The second-order valence-corrected chi connectivity index (χ2v) is 5.41. The Morgan fingerprint density at radius 2 is 2.04 bits per heavy atom. The van der Waals surface area contributed by atoms with Crippen molar-refractivity contribution in [3.8, 4) is 0 Å². The highest BCUT2D eigenvalue weighted by atomic mass is 35.5. The number of carbonyl (C=O) groups is 2. The lowest BCUT2D eigenvalue weighted by Gasteiger charge is -2.19. The van der Waals surface area contributed by atoms with Gasteiger partial charge in [-0.2, -0.15) is 0 Å². The summed E-state index contributed by atoms with van der Waals surface area (Å²) in [6.07, 6.45) is -1.53. The summed E-state index contributed by atoms with van der Waals surface area (Å²) >= 11 is 6.25. The lowest BCUT2D eigenvalue weighted by Crippen LogP contribution is -2.37. The van der Waals surface area contributed by atoms with Gasteiger partial charge in [0.1, 0.15) is 18.1 Å². The number of ether oxygens (including phenoxy) is 3. The molecule has 1 aromatic rings. The minimum Gasteiger partial charge on any atom is -0.463 e. The largest absolute Gasteiger partial charge is 0.463 e. The number of nitrogens with zero attached hydrogens (tertiary/aromatic N) is 1. The van der Waals surface area contributed by atoms with Crippen LogP contribution in [0.25, 0.3) is 0 Å². The molecule has 126 valence electrons. The first-order chi connectivity index (χ1) is 10.8. The summed E-state index contributed by atoms with van der Waals surface area (Å²) in [5, 5.41) is -0.914. The van der Waals surface area contributed by atoms with Gasteiger partial charge in [0, 0.05) is 26.1 Å². The molecule has 1 aliphatic heterocycles. The van der Waals surface area contributed by atoms with Crippen molar-refractivity contribution in [3.05, 3.63) is 33.1 Å². The van der Waals surface area contributed by atoms with Crippen molar-refractivity contribution in [1.29, 1.82) is 0 Å². The van der Waals surface area contributed by atoms with Gasteiger partial charge in [0.15, 0.2) is 12.3 Å². The fourth-order valence-corrected chi connectivity index (χ4v) is 2.61. The molecule has 1 aromatic heterocycles. The van der Waals surface area contributed by atoms with Gasteiger partial charge in [-0.3, -0.25) is 23.9 Å². The molecule has 23 heavy (non-hydrogen) atoms. The minimum absolute atomic E-state index is 0.189. The van der Waals surface area contributed by atoms with Crippen molar-refractivity contribution in [1.82, 2.24) is 9.55 Å². The van der Waals surface area contributed by atoms with E-state index in [-0.39, 0.29) is 6.61 Å². The van der Waals surface area contributed by atoms with Crippen LogP contribution in [0, 0.1) is 0 Å². The van der Waals surface area contributed by atoms with Crippen LogP contribution < -0.4 is 11.2 Å². The normalized spacial score (nSPS) is 26.7. The Balaban J connectivity index is 2.27. The predicted octanol–water partition coefficient (Wildman–Crippen LogP) is -0.464. The van der Waals surface area contributed by atoms with Crippen LogP contribution in [-0.4, -0.2) is 45.7 Å². The number of nitrogens with one attached hydrogen (secondary N) is 1. The summed E-state index contributed by atoms with van der Waals surface area (Å²) < 4.78 is 16.6. The van der Waals surface area contributed by atoms with E-state index in [2.05, 4.69) is 4.98 Å². The number of rotatable bonds is 4. The van der Waals surface area contributed by atoms with Crippen LogP contribution in [0.15, 0.2) is 21.9 Å². The van der Waals surface area contributed by atoms with Crippen molar-refractivity contribution in [2.45, 2.75) is 37.7 Å². The summed E-state index contributed by atoms with van der Waals surface area (Å²) in [6.45, 7) is 2.23. The smallest absolute Gasteiger partial charge is 0.330 e. The number of aromatic amines is 1. The Morgan fingerprint density at radius 3 is 2.61 bits per heavy atom. The number of hydrogen-bond donors (Lipinski definition) is 1. The summed E-state index contributed by atoms with van der Waals surface area (Å²) in [5.74, 6) is -1.13. The molecule has 0 amide bonds. The molecule has 0 radical (unpaired) electrons. The molecule has 9 nitrogen and oxygen atoms in total. The van der Waals surface area contributed by atoms with Crippen molar-refractivity contribution >= 4 is 23.5 Å². The third kappa shape index (κ3) is 3.99. The van der Waals surface area contributed by atoms with Gasteiger partial charge in [-0.15, -0.1) is 11.6 Å². The van der Waals surface area contributed by atoms with Crippen molar-refractivity contribution in [2.75, 3.05) is 6.61 Å². The molecule has 1 fully saturated rings. The molecule has 10 heteroatoms. The topological polar surface area (TPSA) is 117 Å². The standard InChI is InChI=1S/C13H15ClN2O7/c1-6(17)21-5-8-11(22-7(2)18)10(14)12(23-8)16-4-3-9(19)15-13(16)20/h3-4,8,10-12H,5H2,1-2H3,(H,15,19,20)/t8-,10+,11-,12-/m1/s1. The quantitative estimate of drug-likeness (QED) is 0.579. The molecular formula is C13H15ClN2O7. The lowest BCUT2D eigenvalue weighted by atomic mass is 10.1. The molecule has 0 spiro atoms. The monoisotopic (exact) mass is 346 g/mol. The Labute approximate surface area is 135 Å². The molecule has 1 aliphatic rings. The van der Waals surface area contributed by atoms with E-state index in [9.17, 15) is 19.2 Å². The third-order valence-corrected chi connectivity index (χ3v) is 3.61. The van der Waals surface area contributed by atoms with Gasteiger partial charge >= 0.3 is 17.6 Å². The second-order valence-electron chi connectivity index (χ2n) is 4.90. The Kier molecular flexibility index (Phi) is 5.22. The highest BCUT2D eigenvalue weighted by Crippen LogP contribution is 2.34. The van der Waals surface area contributed by atoms with Gasteiger partial charge in [0.2, 0.25) is 0 Å². The van der Waals surface area contributed by atoms with E-state index in [1.54, 1.807) is 0 Å². The van der Waals surface area contributed by atoms with E-state index in [0.717, 1.165) is 10.6 Å². The van der Waals surface area contributed by atoms with Crippen LogP contribution in [0.2, 0.25) is 0 Å². The van der Waals surface area contributed by atoms with Gasteiger partial charge in [-0.25, -0.2) is 4.79 Å². The van der Waals surface area contributed by atoms with Gasteiger partial charge < -0.3 is 14.2 Å². The first kappa shape index (κ1) is 17.2. The number of halogens is 1. The van der Waals surface area contributed by atoms with Crippen LogP contribution in [0.5, 0.6) is 0 Å². The van der Waals surface area contributed by atoms with E-state index in [0.29, 0.717) is 0 Å². The maximum Gasteiger partial charge on any atom is 0.330 e. The zero-order valence-corrected chi connectivity index (χ0v) is 13.1. The first-order valence-corrected chi connectivity index (χ1v) is 7.15. The van der Waals surface area contributed by atoms with E-state index in [4.69, 9.17) is 25.8 Å². The van der Waals surface area contributed by atoms with E-state index in [1.807, 2.05) is 0 Å². The molecular weight excluding hydrogens is 332 g/mol. The fraction of sp³-hybridized carbons (Fsp3) is 0.538. The average molecular weight is 347 g/mol. The molecule has 0 aliphatic carbocycles. The summed E-state index contributed by atoms with van der Waals surface area (Å²) in [6, 6.07) is 1.13. The predicted molar refractivity (Wildman–Crippen MR) is 77.1 cm³/mol. The molecule has 1 N–H and O–H groups in total. The molecule has 0 unspecified atom stereocenters. The van der Waals surface area contributed by atoms with Crippen LogP contribution in [0.4, 0.5) is 0 Å². The number of alkyl halides is 1. The van der Waals surface area contributed by atoms with Gasteiger partial charge in [-0.05, 0) is 0 Å². The van der Waals surface area contributed by atoms with Crippen molar-refractivity contribution in [3.63, 3.8) is 0 Å². The average Bonchev–Trinajstić information content (AvgIpc) is 2.73. The van der Waals surface area contributed by atoms with E-state index >= 15 is 0 Å². The molecule has 0 saturated carbocycles. The highest BCUT2D eigenvalue weighted by molar-refractivity contribution is 6.21. The van der Waals surface area contributed by atoms with Crippen molar-refractivity contribution in [2.24, 2.45) is 0 Å². The highest BCUT2D eigenvalue weighted by Gasteiger charge is 2.47. The first-order valence-electron chi connectivity index (χ1n) is 6.71. The molecule has 0 aromatic carbocycles. The Bertz CT molecular complexity index is 713. The maximum atomic E-state index is 11.8. The minimum atomic E-state index is -0.995. The fourth-order valence-electron chi connectivity index (χ4n) is 2.21. The molecule has 0 bridgehead atoms. The second kappa shape index (κ2) is 6.97. The summed E-state index contributed by atoms with van der Waals surface area (Å²) in [4.78, 5) is 47.2. The zero-order chi connectivity index (χ0) is 17.1. The van der Waals surface area contributed by atoms with Gasteiger partial charge in [0.25, 0.3) is 5.56 Å². The number of H-pyrrole nitrogens is 1. The Hall–Kier alpha value is -2.13. The van der Waals surface area contributed by atoms with Crippen molar-refractivity contribution < 1.29 is 23.8 Å². The number of aromatic nitrogens is 2. The zero-order valence-electron chi connectivity index (χ0n) is 12.4. The molecule has 2 rings (SSSR count). The summed E-state index contributed by atoms with van der Waals surface area (Å²) in [7, 11) is 0. The number of hydrogen-bond acceptors (Lipinski definition) is 7. The van der Waals surface area contributed by atoms with Crippen LogP contribution in [0.3, 0.4) is 0 Å². The molecule has 1 saturated heterocycles. The molecule has 4 atom stereocenters. The number of carbonyl (C=O) groups excluding carboxylic acids is 2. The number of esters is 2. The SMILES string of the molecule is CC(=O)OC[C@H]1O[C@@H](n2ccc(=O)[nH]c2=O)[C@@H](Cl)[C@@H]1OC(C)=O. The Morgan fingerprint density at radius 1 is 1.35 bits per heavy atom. The van der Waals surface area contributed by atoms with Crippen LogP contribution >= 0.6 is 11.6 Å². The maximum absolute atomic E-state index is 11.8.